The summed E-state index contributed by atoms with van der Waals surface area (Å²) in [5, 5.41) is 11.5. The number of fused-ring (bicyclic) bond motifs is 1. The number of likely N-dealkylation sites (tertiary alicyclic amines) is 1. The molecule has 3 heterocycles. The molecule has 1 N–H and O–H groups in total. The first-order valence-electron chi connectivity index (χ1n) is 10.0. The lowest BCUT2D eigenvalue weighted by molar-refractivity contribution is -0.133. The van der Waals surface area contributed by atoms with Gasteiger partial charge in [-0.2, -0.15) is 0 Å². The van der Waals surface area contributed by atoms with Gasteiger partial charge in [0, 0.05) is 32.1 Å². The van der Waals surface area contributed by atoms with Crippen LogP contribution >= 0.6 is 0 Å². The monoisotopic (exact) mass is 391 g/mol. The number of piperidine rings is 1. The molecule has 1 aromatic carbocycles. The molecule has 3 aromatic rings. The van der Waals surface area contributed by atoms with E-state index in [0.717, 1.165) is 36.4 Å². The molecule has 4 rings (SSSR count). The molecule has 7 nitrogen and oxygen atoms in total. The molecule has 7 heteroatoms. The molecule has 0 spiro atoms. The Labute approximate surface area is 169 Å². The fraction of sp³-hybridized carbons (Fsp3) is 0.364. The van der Waals surface area contributed by atoms with Crippen LogP contribution in [0.25, 0.3) is 5.65 Å². The zero-order valence-electron chi connectivity index (χ0n) is 16.5. The molecule has 2 unspecified atom stereocenters. The number of rotatable bonds is 5. The first kappa shape index (κ1) is 19.1. The van der Waals surface area contributed by atoms with E-state index in [-0.39, 0.29) is 30.2 Å². The van der Waals surface area contributed by atoms with Gasteiger partial charge in [0.1, 0.15) is 5.82 Å². The van der Waals surface area contributed by atoms with Gasteiger partial charge in [0.15, 0.2) is 5.65 Å². The van der Waals surface area contributed by atoms with Crippen LogP contribution in [0.15, 0.2) is 54.7 Å². The molecule has 2 amide bonds. The second-order valence-corrected chi connectivity index (χ2v) is 7.53. The molecule has 2 aromatic heterocycles. The molecule has 29 heavy (non-hydrogen) atoms. The Kier molecular flexibility index (Phi) is 5.55. The Morgan fingerprint density at radius 2 is 1.93 bits per heavy atom. The Balaban J connectivity index is 1.48. The number of amides is 2. The number of hydrogen-bond donors (Lipinski definition) is 1. The summed E-state index contributed by atoms with van der Waals surface area (Å²) >= 11 is 0. The van der Waals surface area contributed by atoms with Crippen LogP contribution in [0, 0.1) is 0 Å². The lowest BCUT2D eigenvalue weighted by atomic mass is 9.96. The first-order valence-corrected chi connectivity index (χ1v) is 10.0. The van der Waals surface area contributed by atoms with Crippen LogP contribution in [0.1, 0.15) is 49.5 Å². The van der Waals surface area contributed by atoms with Gasteiger partial charge in [0.05, 0.1) is 12.5 Å². The van der Waals surface area contributed by atoms with Crippen molar-refractivity contribution in [2.24, 2.45) is 0 Å². The SMILES string of the molecule is CC(=O)NC(CC(=O)N1CCCC(c2nnc3ccccn23)C1)c1ccccc1. The molecular weight excluding hydrogens is 366 g/mol. The van der Waals surface area contributed by atoms with E-state index < -0.39 is 0 Å². The molecule has 0 radical (unpaired) electrons. The number of nitrogens with zero attached hydrogens (tertiary/aromatic N) is 4. The number of hydrogen-bond acceptors (Lipinski definition) is 4. The van der Waals surface area contributed by atoms with Crippen molar-refractivity contribution in [3.05, 3.63) is 66.1 Å². The third-order valence-corrected chi connectivity index (χ3v) is 5.44. The lowest BCUT2D eigenvalue weighted by Gasteiger charge is -2.33. The number of aromatic nitrogens is 3. The highest BCUT2D eigenvalue weighted by Gasteiger charge is 2.29. The van der Waals surface area contributed by atoms with Gasteiger partial charge in [0.25, 0.3) is 0 Å². The van der Waals surface area contributed by atoms with E-state index >= 15 is 0 Å². The Morgan fingerprint density at radius 1 is 1.14 bits per heavy atom. The second kappa shape index (κ2) is 8.43. The number of benzene rings is 1. The molecule has 0 saturated carbocycles. The smallest absolute Gasteiger partial charge is 0.225 e. The maximum absolute atomic E-state index is 13.1. The molecule has 0 aliphatic carbocycles. The third kappa shape index (κ3) is 4.29. The van der Waals surface area contributed by atoms with Gasteiger partial charge >= 0.3 is 0 Å². The highest BCUT2D eigenvalue weighted by molar-refractivity contribution is 5.79. The molecule has 1 saturated heterocycles. The van der Waals surface area contributed by atoms with Gasteiger partial charge in [0.2, 0.25) is 11.8 Å². The van der Waals surface area contributed by atoms with Gasteiger partial charge in [-0.1, -0.05) is 36.4 Å². The Hall–Kier alpha value is -3.22. The van der Waals surface area contributed by atoms with E-state index in [2.05, 4.69) is 15.5 Å². The normalized spacial score (nSPS) is 17.8. The average molecular weight is 391 g/mol. The topological polar surface area (TPSA) is 79.6 Å². The molecule has 0 bridgehead atoms. The summed E-state index contributed by atoms with van der Waals surface area (Å²) in [4.78, 5) is 26.6. The molecule has 1 aliphatic heterocycles. The molecule has 1 aliphatic rings. The van der Waals surface area contributed by atoms with Crippen molar-refractivity contribution in [1.29, 1.82) is 0 Å². The van der Waals surface area contributed by atoms with Crippen molar-refractivity contribution in [3.8, 4) is 0 Å². The number of carbonyl (C=O) groups excluding carboxylic acids is 2. The highest BCUT2D eigenvalue weighted by Crippen LogP contribution is 2.27. The molecule has 150 valence electrons. The van der Waals surface area contributed by atoms with Gasteiger partial charge in [-0.05, 0) is 30.5 Å². The summed E-state index contributed by atoms with van der Waals surface area (Å²) in [6.07, 6.45) is 4.12. The predicted molar refractivity (Wildman–Crippen MR) is 109 cm³/mol. The Bertz CT molecular complexity index is 1000. The minimum Gasteiger partial charge on any atom is -0.349 e. The predicted octanol–water partition coefficient (Wildman–Crippen LogP) is 2.70. The zero-order valence-corrected chi connectivity index (χ0v) is 16.5. The van der Waals surface area contributed by atoms with Crippen molar-refractivity contribution < 1.29 is 9.59 Å². The summed E-state index contributed by atoms with van der Waals surface area (Å²) in [6, 6.07) is 15.2. The standard InChI is InChI=1S/C22H25N5O2/c1-16(28)23-19(17-8-3-2-4-9-17)14-21(29)26-12-7-10-18(15-26)22-25-24-20-11-5-6-13-27(20)22/h2-6,8-9,11,13,18-19H,7,10,12,14-15H2,1H3,(H,23,28). The van der Waals surface area contributed by atoms with Crippen LogP contribution in [-0.4, -0.2) is 44.4 Å². The van der Waals surface area contributed by atoms with Gasteiger partial charge < -0.3 is 10.2 Å². The summed E-state index contributed by atoms with van der Waals surface area (Å²) in [5.41, 5.74) is 1.76. The molecule has 1 fully saturated rings. The van der Waals surface area contributed by atoms with Crippen molar-refractivity contribution in [2.75, 3.05) is 13.1 Å². The summed E-state index contributed by atoms with van der Waals surface area (Å²) in [5.74, 6) is 0.963. The van der Waals surface area contributed by atoms with Crippen LogP contribution in [0.5, 0.6) is 0 Å². The average Bonchev–Trinajstić information content (AvgIpc) is 3.18. The summed E-state index contributed by atoms with van der Waals surface area (Å²) in [6.45, 7) is 2.83. The summed E-state index contributed by atoms with van der Waals surface area (Å²) < 4.78 is 2.00. The van der Waals surface area contributed by atoms with Crippen LogP contribution in [0.3, 0.4) is 0 Å². The van der Waals surface area contributed by atoms with Gasteiger partial charge in [-0.25, -0.2) is 0 Å². The van der Waals surface area contributed by atoms with Crippen molar-refractivity contribution >= 4 is 17.5 Å². The van der Waals surface area contributed by atoms with E-state index in [1.165, 1.54) is 6.92 Å². The second-order valence-electron chi connectivity index (χ2n) is 7.53. The number of nitrogens with one attached hydrogen (secondary N) is 1. The van der Waals surface area contributed by atoms with Gasteiger partial charge in [-0.15, -0.1) is 10.2 Å². The first-order chi connectivity index (χ1) is 14.1. The van der Waals surface area contributed by atoms with Crippen molar-refractivity contribution in [3.63, 3.8) is 0 Å². The van der Waals surface area contributed by atoms with Crippen molar-refractivity contribution in [1.82, 2.24) is 24.8 Å². The lowest BCUT2D eigenvalue weighted by Crippen LogP contribution is -2.41. The van der Waals surface area contributed by atoms with Crippen LogP contribution in [-0.2, 0) is 9.59 Å². The van der Waals surface area contributed by atoms with E-state index in [1.807, 2.05) is 64.0 Å². The van der Waals surface area contributed by atoms with E-state index in [9.17, 15) is 9.59 Å². The fourth-order valence-electron chi connectivity index (χ4n) is 4.04. The highest BCUT2D eigenvalue weighted by atomic mass is 16.2. The van der Waals surface area contributed by atoms with Crippen LogP contribution in [0.2, 0.25) is 0 Å². The van der Waals surface area contributed by atoms with E-state index in [0.29, 0.717) is 6.54 Å². The van der Waals surface area contributed by atoms with Crippen LogP contribution in [0.4, 0.5) is 0 Å². The van der Waals surface area contributed by atoms with E-state index in [1.54, 1.807) is 0 Å². The third-order valence-electron chi connectivity index (χ3n) is 5.44. The molecular formula is C22H25N5O2. The van der Waals surface area contributed by atoms with Gasteiger partial charge in [-0.3, -0.25) is 14.0 Å². The van der Waals surface area contributed by atoms with E-state index in [4.69, 9.17) is 0 Å². The Morgan fingerprint density at radius 3 is 2.72 bits per heavy atom. The van der Waals surface area contributed by atoms with Crippen molar-refractivity contribution in [2.45, 2.75) is 38.1 Å². The quantitative estimate of drug-likeness (QED) is 0.725. The maximum atomic E-state index is 13.1. The summed E-state index contributed by atoms with van der Waals surface area (Å²) in [7, 11) is 0. The minimum atomic E-state index is -0.324. The zero-order chi connectivity index (χ0) is 20.2. The largest absolute Gasteiger partial charge is 0.349 e. The maximum Gasteiger partial charge on any atom is 0.225 e. The number of carbonyl (C=O) groups is 2. The fourth-order valence-corrected chi connectivity index (χ4v) is 4.04. The molecule has 2 atom stereocenters. The minimum absolute atomic E-state index is 0.0473. The number of pyridine rings is 1. The van der Waals surface area contributed by atoms with Crippen LogP contribution < -0.4 is 5.32 Å².